The molecule has 16 heavy (non-hydrogen) atoms. The third kappa shape index (κ3) is 2.45. The van der Waals surface area contributed by atoms with Gasteiger partial charge < -0.3 is 5.32 Å². The Labute approximate surface area is 104 Å². The Morgan fingerprint density at radius 2 is 2.50 bits per heavy atom. The van der Waals surface area contributed by atoms with E-state index in [-0.39, 0.29) is 0 Å². The van der Waals surface area contributed by atoms with Crippen LogP contribution in [0.5, 0.6) is 0 Å². The normalized spacial score (nSPS) is 11.9. The van der Waals surface area contributed by atoms with Crippen molar-refractivity contribution in [1.82, 2.24) is 14.7 Å². The Hall–Kier alpha value is -0.840. The molecule has 0 bridgehead atoms. The van der Waals surface area contributed by atoms with Crippen LogP contribution in [-0.2, 0) is 6.54 Å². The number of hydrogen-bond donors (Lipinski definition) is 1. The van der Waals surface area contributed by atoms with Crippen LogP contribution < -0.4 is 5.32 Å². The van der Waals surface area contributed by atoms with Gasteiger partial charge in [0.15, 0.2) is 10.1 Å². The number of halogens is 1. The lowest BCUT2D eigenvalue weighted by Gasteiger charge is -2.02. The summed E-state index contributed by atoms with van der Waals surface area (Å²) in [6.45, 7) is 3.75. The summed E-state index contributed by atoms with van der Waals surface area (Å²) in [6, 6.07) is 0. The first-order valence-corrected chi connectivity index (χ1v) is 6.50. The molecule has 0 aliphatic carbocycles. The average Bonchev–Trinajstić information content (AvgIpc) is 2.80. The second-order valence-corrected chi connectivity index (χ2v) is 4.67. The van der Waals surface area contributed by atoms with E-state index in [0.29, 0.717) is 5.15 Å². The van der Waals surface area contributed by atoms with E-state index in [0.717, 1.165) is 30.2 Å². The number of hydrogen-bond acceptors (Lipinski definition) is 3. The van der Waals surface area contributed by atoms with Gasteiger partial charge >= 0.3 is 0 Å². The number of nitrogens with zero attached hydrogens (tertiary/aromatic N) is 2. The summed E-state index contributed by atoms with van der Waals surface area (Å²) >= 11 is 7.67. The van der Waals surface area contributed by atoms with Gasteiger partial charge in [0.1, 0.15) is 0 Å². The zero-order valence-electron chi connectivity index (χ0n) is 9.11. The zero-order valence-corrected chi connectivity index (χ0v) is 10.7. The first-order valence-electron chi connectivity index (χ1n) is 5.24. The molecular weight excluding hydrogens is 242 g/mol. The van der Waals surface area contributed by atoms with Crippen LogP contribution in [0.1, 0.15) is 19.0 Å². The minimum absolute atomic E-state index is 0.602. The molecule has 3 nitrogen and oxygen atoms in total. The SMILES string of the molecule is C/C=C/CCNCc1c(Cl)nc2sccn12. The van der Waals surface area contributed by atoms with Crippen molar-refractivity contribution in [3.05, 3.63) is 34.6 Å². The molecule has 0 saturated heterocycles. The van der Waals surface area contributed by atoms with Crippen molar-refractivity contribution in [3.63, 3.8) is 0 Å². The first kappa shape index (κ1) is 11.6. The van der Waals surface area contributed by atoms with Crippen molar-refractivity contribution in [2.75, 3.05) is 6.54 Å². The van der Waals surface area contributed by atoms with E-state index in [1.807, 2.05) is 22.9 Å². The monoisotopic (exact) mass is 255 g/mol. The number of thiazole rings is 1. The Bertz CT molecular complexity index is 486. The molecule has 5 heteroatoms. The van der Waals surface area contributed by atoms with Crippen molar-refractivity contribution in [2.24, 2.45) is 0 Å². The largest absolute Gasteiger partial charge is 0.311 e. The van der Waals surface area contributed by atoms with Crippen molar-refractivity contribution in [3.8, 4) is 0 Å². The number of nitrogens with one attached hydrogen (secondary N) is 1. The Balaban J connectivity index is 1.97. The molecule has 1 N–H and O–H groups in total. The lowest BCUT2D eigenvalue weighted by Crippen LogP contribution is -2.15. The van der Waals surface area contributed by atoms with Crippen LogP contribution in [0.15, 0.2) is 23.7 Å². The minimum atomic E-state index is 0.602. The van der Waals surface area contributed by atoms with Crippen molar-refractivity contribution in [1.29, 1.82) is 0 Å². The predicted octanol–water partition coefficient (Wildman–Crippen LogP) is 3.11. The van der Waals surface area contributed by atoms with Gasteiger partial charge in [-0.2, -0.15) is 0 Å². The maximum atomic E-state index is 6.07. The topological polar surface area (TPSA) is 29.3 Å². The predicted molar refractivity (Wildman–Crippen MR) is 69.2 cm³/mol. The lowest BCUT2D eigenvalue weighted by molar-refractivity contribution is 0.679. The summed E-state index contributed by atoms with van der Waals surface area (Å²) in [4.78, 5) is 5.24. The second-order valence-electron chi connectivity index (χ2n) is 3.44. The smallest absolute Gasteiger partial charge is 0.195 e. The summed E-state index contributed by atoms with van der Waals surface area (Å²) in [5, 5.41) is 5.97. The molecule has 0 atom stereocenters. The van der Waals surface area contributed by atoms with Crippen molar-refractivity contribution >= 4 is 27.9 Å². The van der Waals surface area contributed by atoms with Crippen molar-refractivity contribution in [2.45, 2.75) is 19.9 Å². The first-order chi connectivity index (χ1) is 7.83. The highest BCUT2D eigenvalue weighted by molar-refractivity contribution is 7.15. The second kappa shape index (κ2) is 5.48. The van der Waals surface area contributed by atoms with Gasteiger partial charge in [-0.3, -0.25) is 4.40 Å². The van der Waals surface area contributed by atoms with Gasteiger partial charge in [0, 0.05) is 18.1 Å². The van der Waals surface area contributed by atoms with Crippen LogP contribution in [0, 0.1) is 0 Å². The van der Waals surface area contributed by atoms with Crippen molar-refractivity contribution < 1.29 is 0 Å². The Morgan fingerprint density at radius 3 is 3.31 bits per heavy atom. The minimum Gasteiger partial charge on any atom is -0.311 e. The fourth-order valence-corrected chi connectivity index (χ4v) is 2.54. The van der Waals surface area contributed by atoms with E-state index < -0.39 is 0 Å². The van der Waals surface area contributed by atoms with Gasteiger partial charge in [-0.1, -0.05) is 23.8 Å². The summed E-state index contributed by atoms with van der Waals surface area (Å²) in [7, 11) is 0. The van der Waals surface area contributed by atoms with Gasteiger partial charge in [0.05, 0.1) is 5.69 Å². The highest BCUT2D eigenvalue weighted by atomic mass is 35.5. The van der Waals surface area contributed by atoms with E-state index in [9.17, 15) is 0 Å². The summed E-state index contributed by atoms with van der Waals surface area (Å²) in [6.07, 6.45) is 7.25. The van der Waals surface area contributed by atoms with Gasteiger partial charge in [0.25, 0.3) is 0 Å². The number of allylic oxidation sites excluding steroid dienone is 1. The van der Waals surface area contributed by atoms with Crippen LogP contribution in [-0.4, -0.2) is 15.9 Å². The molecule has 0 fully saturated rings. The van der Waals surface area contributed by atoms with Crippen LogP contribution in [0.3, 0.4) is 0 Å². The molecule has 0 aliphatic heterocycles. The van der Waals surface area contributed by atoms with Crippen LogP contribution in [0.2, 0.25) is 5.15 Å². The third-order valence-electron chi connectivity index (χ3n) is 2.33. The molecule has 2 aromatic rings. The highest BCUT2D eigenvalue weighted by Gasteiger charge is 2.09. The van der Waals surface area contributed by atoms with Crippen LogP contribution in [0.25, 0.3) is 4.96 Å². The molecular formula is C11H14ClN3S. The van der Waals surface area contributed by atoms with E-state index in [1.165, 1.54) is 0 Å². The summed E-state index contributed by atoms with van der Waals surface area (Å²) < 4.78 is 2.04. The molecule has 86 valence electrons. The fourth-order valence-electron chi connectivity index (χ4n) is 1.52. The fraction of sp³-hybridized carbons (Fsp3) is 0.364. The molecule has 0 spiro atoms. The summed E-state index contributed by atoms with van der Waals surface area (Å²) in [5.41, 5.74) is 1.04. The van der Waals surface area contributed by atoms with Crippen LogP contribution in [0.4, 0.5) is 0 Å². The highest BCUT2D eigenvalue weighted by Crippen LogP contribution is 2.20. The molecule has 0 aromatic carbocycles. The van der Waals surface area contributed by atoms with Gasteiger partial charge in [0.2, 0.25) is 0 Å². The maximum Gasteiger partial charge on any atom is 0.195 e. The number of aromatic nitrogens is 2. The van der Waals surface area contributed by atoms with Gasteiger partial charge in [-0.15, -0.1) is 11.3 Å². The molecule has 0 radical (unpaired) electrons. The van der Waals surface area contributed by atoms with E-state index in [1.54, 1.807) is 11.3 Å². The van der Waals surface area contributed by atoms with Crippen LogP contribution >= 0.6 is 22.9 Å². The van der Waals surface area contributed by atoms with E-state index >= 15 is 0 Å². The molecule has 0 aliphatic rings. The Kier molecular flexibility index (Phi) is 3.98. The quantitative estimate of drug-likeness (QED) is 0.657. The van der Waals surface area contributed by atoms with Gasteiger partial charge in [-0.25, -0.2) is 4.98 Å². The average molecular weight is 256 g/mol. The van der Waals surface area contributed by atoms with Gasteiger partial charge in [-0.05, 0) is 19.9 Å². The lowest BCUT2D eigenvalue weighted by atomic mass is 10.3. The molecule has 0 amide bonds. The molecule has 0 unspecified atom stereocenters. The molecule has 2 aromatic heterocycles. The number of imidazole rings is 1. The van der Waals surface area contributed by atoms with E-state index in [2.05, 4.69) is 22.5 Å². The molecule has 2 heterocycles. The standard InChI is InChI=1S/C11H14ClN3S/c1-2-3-4-5-13-8-9-10(12)14-11-15(9)6-7-16-11/h2-3,6-7,13H,4-5,8H2,1H3/b3-2+. The Morgan fingerprint density at radius 1 is 1.62 bits per heavy atom. The summed E-state index contributed by atoms with van der Waals surface area (Å²) in [5.74, 6) is 0. The van der Waals surface area contributed by atoms with E-state index in [4.69, 9.17) is 11.6 Å². The number of fused-ring (bicyclic) bond motifs is 1. The number of rotatable bonds is 5. The third-order valence-corrected chi connectivity index (χ3v) is 3.39. The maximum absolute atomic E-state index is 6.07. The molecule has 0 saturated carbocycles. The molecule has 2 rings (SSSR count). The zero-order chi connectivity index (χ0) is 11.4.